The van der Waals surface area contributed by atoms with Gasteiger partial charge in [-0.15, -0.1) is 0 Å². The summed E-state index contributed by atoms with van der Waals surface area (Å²) in [5.41, 5.74) is 0.348. The van der Waals surface area contributed by atoms with Gasteiger partial charge in [-0.3, -0.25) is 4.79 Å². The molecule has 1 aliphatic carbocycles. The second-order valence-corrected chi connectivity index (χ2v) is 5.96. The molecule has 1 aromatic carbocycles. The van der Waals surface area contributed by atoms with Crippen LogP contribution in [0.2, 0.25) is 5.02 Å². The summed E-state index contributed by atoms with van der Waals surface area (Å²) in [5.74, 6) is -0.306. The van der Waals surface area contributed by atoms with Crippen molar-refractivity contribution in [3.63, 3.8) is 0 Å². The van der Waals surface area contributed by atoms with Crippen LogP contribution in [0.1, 0.15) is 43.0 Å². The summed E-state index contributed by atoms with van der Waals surface area (Å²) >= 11 is 5.81. The van der Waals surface area contributed by atoms with E-state index in [4.69, 9.17) is 16.3 Å². The van der Waals surface area contributed by atoms with Crippen LogP contribution >= 0.6 is 11.6 Å². The zero-order valence-electron chi connectivity index (χ0n) is 12.1. The van der Waals surface area contributed by atoms with Crippen molar-refractivity contribution in [3.8, 4) is 0 Å². The smallest absolute Gasteiger partial charge is 0.338 e. The van der Waals surface area contributed by atoms with Crippen molar-refractivity contribution in [1.82, 2.24) is 5.32 Å². The van der Waals surface area contributed by atoms with Crippen LogP contribution in [0.15, 0.2) is 24.3 Å². The number of ether oxygens (including phenoxy) is 1. The summed E-state index contributed by atoms with van der Waals surface area (Å²) in [4.78, 5) is 23.6. The van der Waals surface area contributed by atoms with Gasteiger partial charge < -0.3 is 10.1 Å². The predicted octanol–water partition coefficient (Wildman–Crippen LogP) is 3.19. The van der Waals surface area contributed by atoms with Crippen LogP contribution in [0.4, 0.5) is 0 Å². The highest BCUT2D eigenvalue weighted by Gasteiger charge is 2.23. The molecule has 5 heteroatoms. The molecule has 1 saturated carbocycles. The van der Waals surface area contributed by atoms with Gasteiger partial charge in [-0.2, -0.15) is 0 Å². The molecule has 0 radical (unpaired) electrons. The highest BCUT2D eigenvalue weighted by Crippen LogP contribution is 2.23. The fourth-order valence-electron chi connectivity index (χ4n) is 2.61. The van der Waals surface area contributed by atoms with E-state index in [1.165, 1.54) is 12.5 Å². The van der Waals surface area contributed by atoms with Crippen LogP contribution in [0, 0.1) is 5.92 Å². The number of halogens is 1. The topological polar surface area (TPSA) is 55.4 Å². The molecule has 4 nitrogen and oxygen atoms in total. The van der Waals surface area contributed by atoms with Gasteiger partial charge in [-0.05, 0) is 37.0 Å². The number of esters is 1. The molecular weight excluding hydrogens is 290 g/mol. The first-order chi connectivity index (χ1) is 10.1. The molecule has 114 valence electrons. The van der Waals surface area contributed by atoms with Crippen molar-refractivity contribution < 1.29 is 14.3 Å². The van der Waals surface area contributed by atoms with Gasteiger partial charge in [-0.25, -0.2) is 4.79 Å². The van der Waals surface area contributed by atoms with Crippen LogP contribution in [0.3, 0.4) is 0 Å². The first-order valence-electron chi connectivity index (χ1n) is 7.28. The van der Waals surface area contributed by atoms with Gasteiger partial charge in [0.05, 0.1) is 5.56 Å². The first kappa shape index (κ1) is 15.8. The number of carbonyl (C=O) groups is 2. The van der Waals surface area contributed by atoms with Crippen molar-refractivity contribution in [2.45, 2.75) is 38.6 Å². The van der Waals surface area contributed by atoms with Crippen molar-refractivity contribution in [1.29, 1.82) is 0 Å². The van der Waals surface area contributed by atoms with Crippen molar-refractivity contribution in [2.24, 2.45) is 5.92 Å². The van der Waals surface area contributed by atoms with Gasteiger partial charge in [0.15, 0.2) is 6.61 Å². The Bertz CT molecular complexity index is 518. The minimum Gasteiger partial charge on any atom is -0.452 e. The van der Waals surface area contributed by atoms with E-state index >= 15 is 0 Å². The third-order valence-corrected chi connectivity index (χ3v) is 4.09. The Morgan fingerprint density at radius 2 is 2.10 bits per heavy atom. The molecule has 0 unspecified atom stereocenters. The fourth-order valence-corrected chi connectivity index (χ4v) is 2.80. The molecule has 0 aliphatic heterocycles. The minimum atomic E-state index is -0.538. The van der Waals surface area contributed by atoms with Crippen LogP contribution in [-0.2, 0) is 9.53 Å². The lowest BCUT2D eigenvalue weighted by molar-refractivity contribution is -0.125. The lowest BCUT2D eigenvalue weighted by Gasteiger charge is -2.29. The first-order valence-corrected chi connectivity index (χ1v) is 7.66. The van der Waals surface area contributed by atoms with Crippen LogP contribution in [0.5, 0.6) is 0 Å². The zero-order valence-corrected chi connectivity index (χ0v) is 12.9. The highest BCUT2D eigenvalue weighted by molar-refractivity contribution is 6.30. The number of carbonyl (C=O) groups excluding carboxylic acids is 2. The lowest BCUT2D eigenvalue weighted by atomic mass is 9.86. The Balaban J connectivity index is 1.79. The van der Waals surface area contributed by atoms with E-state index in [1.54, 1.807) is 18.2 Å². The van der Waals surface area contributed by atoms with E-state index in [0.717, 1.165) is 19.3 Å². The van der Waals surface area contributed by atoms with Crippen LogP contribution < -0.4 is 5.32 Å². The van der Waals surface area contributed by atoms with Gasteiger partial charge in [0.1, 0.15) is 0 Å². The normalized spacial score (nSPS) is 21.6. The van der Waals surface area contributed by atoms with E-state index < -0.39 is 5.97 Å². The summed E-state index contributed by atoms with van der Waals surface area (Å²) in [6, 6.07) is 6.66. The molecule has 2 atom stereocenters. The maximum atomic E-state index is 11.8. The Labute approximate surface area is 129 Å². The summed E-state index contributed by atoms with van der Waals surface area (Å²) in [6.45, 7) is 1.89. The van der Waals surface area contributed by atoms with E-state index in [2.05, 4.69) is 12.2 Å². The predicted molar refractivity (Wildman–Crippen MR) is 81.3 cm³/mol. The molecule has 1 amide bonds. The number of rotatable bonds is 4. The molecule has 0 heterocycles. The van der Waals surface area contributed by atoms with Crippen LogP contribution in [-0.4, -0.2) is 24.5 Å². The molecule has 0 spiro atoms. The summed E-state index contributed by atoms with van der Waals surface area (Å²) in [7, 11) is 0. The van der Waals surface area contributed by atoms with Crippen molar-refractivity contribution in [2.75, 3.05) is 6.61 Å². The van der Waals surface area contributed by atoms with E-state index in [9.17, 15) is 9.59 Å². The number of benzene rings is 1. The number of nitrogens with one attached hydrogen (secondary N) is 1. The number of hydrogen-bond donors (Lipinski definition) is 1. The molecule has 1 fully saturated rings. The summed E-state index contributed by atoms with van der Waals surface area (Å²) < 4.78 is 5.01. The van der Waals surface area contributed by atoms with Gasteiger partial charge in [0, 0.05) is 11.1 Å². The molecule has 1 aliphatic rings. The fraction of sp³-hybridized carbons (Fsp3) is 0.500. The third kappa shape index (κ3) is 4.74. The molecule has 2 rings (SSSR count). The van der Waals surface area contributed by atoms with Gasteiger partial charge in [-0.1, -0.05) is 37.4 Å². The number of hydrogen-bond acceptors (Lipinski definition) is 3. The van der Waals surface area contributed by atoms with Gasteiger partial charge in [0.2, 0.25) is 0 Å². The zero-order chi connectivity index (χ0) is 15.2. The quantitative estimate of drug-likeness (QED) is 0.869. The highest BCUT2D eigenvalue weighted by atomic mass is 35.5. The summed E-state index contributed by atoms with van der Waals surface area (Å²) in [5, 5.41) is 3.41. The maximum Gasteiger partial charge on any atom is 0.338 e. The van der Waals surface area contributed by atoms with Gasteiger partial charge >= 0.3 is 5.97 Å². The van der Waals surface area contributed by atoms with E-state index in [0.29, 0.717) is 16.5 Å². The molecular formula is C16H20ClNO3. The Morgan fingerprint density at radius 1 is 1.33 bits per heavy atom. The minimum absolute atomic E-state index is 0.191. The molecule has 0 saturated heterocycles. The van der Waals surface area contributed by atoms with Crippen molar-refractivity contribution in [3.05, 3.63) is 34.9 Å². The molecule has 0 bridgehead atoms. The number of amides is 1. The third-order valence-electron chi connectivity index (χ3n) is 3.85. The van der Waals surface area contributed by atoms with E-state index in [1.807, 2.05) is 0 Å². The van der Waals surface area contributed by atoms with Gasteiger partial charge in [0.25, 0.3) is 5.91 Å². The standard InChI is InChI=1S/C16H20ClNO3/c1-11-5-2-3-8-14(11)18-15(19)10-21-16(20)12-6-4-7-13(17)9-12/h4,6-7,9,11,14H,2-3,5,8,10H2,1H3,(H,18,19)/t11-,14-/m0/s1. The molecule has 1 N–H and O–H groups in total. The average molecular weight is 310 g/mol. The monoisotopic (exact) mass is 309 g/mol. The molecule has 1 aromatic rings. The molecule has 21 heavy (non-hydrogen) atoms. The lowest BCUT2D eigenvalue weighted by Crippen LogP contribution is -2.42. The largest absolute Gasteiger partial charge is 0.452 e. The second-order valence-electron chi connectivity index (χ2n) is 5.52. The molecule has 0 aromatic heterocycles. The Morgan fingerprint density at radius 3 is 2.81 bits per heavy atom. The SMILES string of the molecule is C[C@H]1CCCC[C@@H]1NC(=O)COC(=O)c1cccc(Cl)c1. The van der Waals surface area contributed by atoms with Crippen LogP contribution in [0.25, 0.3) is 0 Å². The second kappa shape index (κ2) is 7.46. The summed E-state index contributed by atoms with van der Waals surface area (Å²) in [6.07, 6.45) is 4.48. The average Bonchev–Trinajstić information content (AvgIpc) is 2.47. The van der Waals surface area contributed by atoms with E-state index in [-0.39, 0.29) is 18.6 Å². The Kier molecular flexibility index (Phi) is 5.62. The maximum absolute atomic E-state index is 11.8. The Hall–Kier alpha value is -1.55. The van der Waals surface area contributed by atoms with Crippen molar-refractivity contribution >= 4 is 23.5 Å².